The maximum atomic E-state index is 11.9. The number of para-hydroxylation sites is 4. The number of hydrogen-bond donors (Lipinski definition) is 0. The average Bonchev–Trinajstić information content (AvgIpc) is 2.93. The summed E-state index contributed by atoms with van der Waals surface area (Å²) < 4.78 is 22.9. The Hall–Kier alpha value is -4.45. The highest BCUT2D eigenvalue weighted by molar-refractivity contribution is 5.78. The molecular weight excluding hydrogens is 466 g/mol. The van der Waals surface area contributed by atoms with Gasteiger partial charge in [0.25, 0.3) is 0 Å². The Bertz CT molecular complexity index is 1320. The third-order valence-corrected chi connectivity index (χ3v) is 6.07. The summed E-state index contributed by atoms with van der Waals surface area (Å²) in [6, 6.07) is 31.7. The molecule has 4 aromatic rings. The number of esters is 1. The molecule has 1 unspecified atom stereocenters. The maximum Gasteiger partial charge on any atom is 0.347 e. The maximum absolute atomic E-state index is 11.9. The van der Waals surface area contributed by atoms with Gasteiger partial charge in [-0.05, 0) is 73.5 Å². The van der Waals surface area contributed by atoms with Crippen LogP contribution in [0.3, 0.4) is 0 Å². The summed E-state index contributed by atoms with van der Waals surface area (Å²) in [5, 5.41) is 0. The molecule has 1 heterocycles. The van der Waals surface area contributed by atoms with Crippen molar-refractivity contribution in [3.8, 4) is 34.1 Å². The van der Waals surface area contributed by atoms with E-state index in [0.717, 1.165) is 39.8 Å². The minimum absolute atomic E-state index is 0.327. The SMILES string of the molecule is CCOC(=O)C(C)Oc1cccc(-c2ccc(OCCN3c4ccccc4Oc4ccccc43)cc2)c1. The zero-order valence-electron chi connectivity index (χ0n) is 20.9. The molecule has 0 saturated heterocycles. The topological polar surface area (TPSA) is 57.2 Å². The van der Waals surface area contributed by atoms with Gasteiger partial charge in [-0.15, -0.1) is 0 Å². The lowest BCUT2D eigenvalue weighted by Gasteiger charge is -2.32. The first kappa shape index (κ1) is 24.3. The van der Waals surface area contributed by atoms with Crippen LogP contribution in [-0.4, -0.2) is 31.8 Å². The van der Waals surface area contributed by atoms with Gasteiger partial charge in [0.1, 0.15) is 18.1 Å². The minimum Gasteiger partial charge on any atom is -0.492 e. The third-order valence-electron chi connectivity index (χ3n) is 6.07. The van der Waals surface area contributed by atoms with Gasteiger partial charge in [0, 0.05) is 0 Å². The molecule has 1 aliphatic rings. The lowest BCUT2D eigenvalue weighted by atomic mass is 10.1. The molecule has 1 atom stereocenters. The summed E-state index contributed by atoms with van der Waals surface area (Å²) in [7, 11) is 0. The Morgan fingerprint density at radius 2 is 1.49 bits per heavy atom. The molecule has 0 aromatic heterocycles. The van der Waals surface area contributed by atoms with Gasteiger partial charge in [-0.1, -0.05) is 48.5 Å². The molecule has 0 aliphatic carbocycles. The first-order valence-corrected chi connectivity index (χ1v) is 12.4. The molecule has 0 bridgehead atoms. The highest BCUT2D eigenvalue weighted by Crippen LogP contribution is 2.45. The number of fused-ring (bicyclic) bond motifs is 2. The molecule has 6 heteroatoms. The summed E-state index contributed by atoms with van der Waals surface area (Å²) >= 11 is 0. The molecule has 4 aromatic carbocycles. The van der Waals surface area contributed by atoms with Crippen LogP contribution in [0.15, 0.2) is 97.1 Å². The number of hydrogen-bond acceptors (Lipinski definition) is 6. The highest BCUT2D eigenvalue weighted by Gasteiger charge is 2.23. The molecule has 0 amide bonds. The molecule has 0 spiro atoms. The van der Waals surface area contributed by atoms with Crippen LogP contribution in [0, 0.1) is 0 Å². The van der Waals surface area contributed by atoms with Crippen molar-refractivity contribution >= 4 is 17.3 Å². The molecule has 0 fully saturated rings. The van der Waals surface area contributed by atoms with Gasteiger partial charge < -0.3 is 23.8 Å². The summed E-state index contributed by atoms with van der Waals surface area (Å²) in [6.45, 7) is 4.98. The van der Waals surface area contributed by atoms with Gasteiger partial charge in [-0.2, -0.15) is 0 Å². The number of ether oxygens (including phenoxy) is 4. The number of benzene rings is 4. The second kappa shape index (κ2) is 11.1. The Morgan fingerprint density at radius 1 is 0.811 bits per heavy atom. The monoisotopic (exact) mass is 495 g/mol. The molecule has 6 nitrogen and oxygen atoms in total. The molecule has 0 N–H and O–H groups in total. The zero-order valence-corrected chi connectivity index (χ0v) is 20.9. The van der Waals surface area contributed by atoms with Crippen LogP contribution in [0.2, 0.25) is 0 Å². The molecule has 0 radical (unpaired) electrons. The number of anilines is 2. The largest absolute Gasteiger partial charge is 0.492 e. The lowest BCUT2D eigenvalue weighted by molar-refractivity contribution is -0.150. The fourth-order valence-corrected chi connectivity index (χ4v) is 4.28. The van der Waals surface area contributed by atoms with Crippen LogP contribution in [-0.2, 0) is 9.53 Å². The normalized spacial score (nSPS) is 12.5. The Morgan fingerprint density at radius 3 is 2.16 bits per heavy atom. The molecule has 1 aliphatic heterocycles. The quantitative estimate of drug-likeness (QED) is 0.233. The van der Waals surface area contributed by atoms with E-state index in [-0.39, 0.29) is 5.97 Å². The molecule has 188 valence electrons. The van der Waals surface area contributed by atoms with Gasteiger partial charge in [0.15, 0.2) is 17.6 Å². The Balaban J connectivity index is 1.22. The standard InChI is InChI=1S/C31H29NO5/c1-3-34-31(33)22(2)36-26-10-8-9-24(21-26)23-15-17-25(18-16-23)35-20-19-32-27-11-4-6-13-29(27)37-30-14-7-5-12-28(30)32/h4-18,21-22H,3,19-20H2,1-2H3. The van der Waals surface area contributed by atoms with Crippen LogP contribution in [0.5, 0.6) is 23.0 Å². The van der Waals surface area contributed by atoms with E-state index < -0.39 is 6.10 Å². The predicted octanol–water partition coefficient (Wildman–Crippen LogP) is 7.01. The van der Waals surface area contributed by atoms with E-state index in [1.807, 2.05) is 84.9 Å². The van der Waals surface area contributed by atoms with Crippen molar-refractivity contribution in [2.24, 2.45) is 0 Å². The van der Waals surface area contributed by atoms with Crippen LogP contribution >= 0.6 is 0 Å². The second-order valence-corrected chi connectivity index (χ2v) is 8.60. The van der Waals surface area contributed by atoms with Gasteiger partial charge in [-0.3, -0.25) is 0 Å². The van der Waals surface area contributed by atoms with E-state index in [1.165, 1.54) is 0 Å². The lowest BCUT2D eigenvalue weighted by Crippen LogP contribution is -2.26. The third kappa shape index (κ3) is 5.54. The number of carbonyl (C=O) groups excluding carboxylic acids is 1. The fraction of sp³-hybridized carbons (Fsp3) is 0.194. The first-order chi connectivity index (χ1) is 18.1. The summed E-state index contributed by atoms with van der Waals surface area (Å²) in [5.74, 6) is 2.71. The van der Waals surface area contributed by atoms with Gasteiger partial charge in [0.05, 0.1) is 24.5 Å². The summed E-state index contributed by atoms with van der Waals surface area (Å²) in [5.41, 5.74) is 4.07. The van der Waals surface area contributed by atoms with Crippen LogP contribution in [0.25, 0.3) is 11.1 Å². The van der Waals surface area contributed by atoms with Gasteiger partial charge in [-0.25, -0.2) is 4.79 Å². The summed E-state index contributed by atoms with van der Waals surface area (Å²) in [4.78, 5) is 14.1. The molecular formula is C31H29NO5. The number of carbonyl (C=O) groups is 1. The molecule has 37 heavy (non-hydrogen) atoms. The van der Waals surface area contributed by atoms with Gasteiger partial charge in [0.2, 0.25) is 0 Å². The summed E-state index contributed by atoms with van der Waals surface area (Å²) in [6.07, 6.45) is -0.670. The number of nitrogens with zero attached hydrogens (tertiary/aromatic N) is 1. The van der Waals surface area contributed by atoms with Crippen LogP contribution < -0.4 is 19.1 Å². The van der Waals surface area contributed by atoms with E-state index in [2.05, 4.69) is 17.0 Å². The highest BCUT2D eigenvalue weighted by atomic mass is 16.6. The van der Waals surface area contributed by atoms with Gasteiger partial charge >= 0.3 is 5.97 Å². The average molecular weight is 496 g/mol. The molecule has 5 rings (SSSR count). The molecule has 0 saturated carbocycles. The second-order valence-electron chi connectivity index (χ2n) is 8.60. The number of rotatable bonds is 9. The Kier molecular flexibility index (Phi) is 7.26. The van der Waals surface area contributed by atoms with E-state index >= 15 is 0 Å². The van der Waals surface area contributed by atoms with E-state index in [1.54, 1.807) is 13.8 Å². The van der Waals surface area contributed by atoms with Crippen molar-refractivity contribution < 1.29 is 23.7 Å². The van der Waals surface area contributed by atoms with Crippen molar-refractivity contribution in [2.75, 3.05) is 24.7 Å². The van der Waals surface area contributed by atoms with E-state index in [9.17, 15) is 4.79 Å². The van der Waals surface area contributed by atoms with E-state index in [4.69, 9.17) is 18.9 Å². The van der Waals surface area contributed by atoms with E-state index in [0.29, 0.717) is 25.5 Å². The van der Waals surface area contributed by atoms with Crippen LogP contribution in [0.1, 0.15) is 13.8 Å². The predicted molar refractivity (Wildman–Crippen MR) is 144 cm³/mol. The van der Waals surface area contributed by atoms with Crippen LogP contribution in [0.4, 0.5) is 11.4 Å². The zero-order chi connectivity index (χ0) is 25.6. The fourth-order valence-electron chi connectivity index (χ4n) is 4.28. The Labute approximate surface area is 217 Å². The smallest absolute Gasteiger partial charge is 0.347 e. The minimum atomic E-state index is -0.670. The van der Waals surface area contributed by atoms with Crippen molar-refractivity contribution in [3.05, 3.63) is 97.1 Å². The van der Waals surface area contributed by atoms with Crippen molar-refractivity contribution in [1.82, 2.24) is 0 Å². The van der Waals surface area contributed by atoms with Crippen molar-refractivity contribution in [2.45, 2.75) is 20.0 Å². The van der Waals surface area contributed by atoms with Crippen molar-refractivity contribution in [3.63, 3.8) is 0 Å². The van der Waals surface area contributed by atoms with Crippen molar-refractivity contribution in [1.29, 1.82) is 0 Å². The first-order valence-electron chi connectivity index (χ1n) is 12.4.